The number of benzene rings is 1. The number of ether oxygens (including phenoxy) is 1. The van der Waals surface area contributed by atoms with Crippen molar-refractivity contribution in [2.24, 2.45) is 0 Å². The fourth-order valence-electron chi connectivity index (χ4n) is 1.92. The van der Waals surface area contributed by atoms with Crippen molar-refractivity contribution in [3.63, 3.8) is 0 Å². The summed E-state index contributed by atoms with van der Waals surface area (Å²) in [6.07, 6.45) is 2.14. The molecule has 0 aliphatic rings. The van der Waals surface area contributed by atoms with Crippen molar-refractivity contribution < 1.29 is 4.74 Å². The fourth-order valence-corrected chi connectivity index (χ4v) is 4.07. The van der Waals surface area contributed by atoms with Gasteiger partial charge in [0.15, 0.2) is 0 Å². The molecule has 0 N–H and O–H groups in total. The lowest BCUT2D eigenvalue weighted by molar-refractivity contribution is 0.414. The molecule has 0 radical (unpaired) electrons. The van der Waals surface area contributed by atoms with Crippen molar-refractivity contribution in [2.45, 2.75) is 20.3 Å². The largest absolute Gasteiger partial charge is 0.496 e. The Morgan fingerprint density at radius 1 is 1.13 bits per heavy atom. The highest BCUT2D eigenvalue weighted by Gasteiger charge is 2.11. The number of hydrogen-bond acceptors (Lipinski definition) is 5. The predicted octanol–water partition coefficient (Wildman–Crippen LogP) is 5.23. The molecule has 5 heteroatoms. The molecule has 0 saturated carbocycles. The van der Waals surface area contributed by atoms with Gasteiger partial charge in [0, 0.05) is 17.6 Å². The number of nitrogens with zero attached hydrogens (tertiary/aromatic N) is 2. The van der Waals surface area contributed by atoms with Crippen LogP contribution in [0.1, 0.15) is 25.8 Å². The molecule has 0 aromatic heterocycles. The van der Waals surface area contributed by atoms with E-state index in [1.807, 2.05) is 24.3 Å². The van der Waals surface area contributed by atoms with Crippen molar-refractivity contribution in [3.8, 4) is 17.9 Å². The van der Waals surface area contributed by atoms with Crippen LogP contribution in [0.3, 0.4) is 0 Å². The van der Waals surface area contributed by atoms with Gasteiger partial charge >= 0.3 is 0 Å². The van der Waals surface area contributed by atoms with Crippen LogP contribution in [0.5, 0.6) is 5.75 Å². The third-order valence-electron chi connectivity index (χ3n) is 2.91. The molecule has 0 aliphatic carbocycles. The van der Waals surface area contributed by atoms with E-state index in [0.29, 0.717) is 23.3 Å². The third-order valence-corrected chi connectivity index (χ3v) is 5.21. The molecular formula is C18H20N2OS2. The molecule has 3 nitrogen and oxygen atoms in total. The maximum atomic E-state index is 9.47. The molecule has 1 aromatic carbocycles. The lowest BCUT2D eigenvalue weighted by atomic mass is 10.0. The van der Waals surface area contributed by atoms with Gasteiger partial charge in [0.05, 0.1) is 29.1 Å². The molecule has 1 rings (SSSR count). The highest BCUT2D eigenvalue weighted by molar-refractivity contribution is 8.22. The maximum Gasteiger partial charge on any atom is 0.126 e. The number of nitriles is 2. The molecule has 0 spiro atoms. The Labute approximate surface area is 147 Å². The zero-order valence-corrected chi connectivity index (χ0v) is 15.3. The number of rotatable bonds is 8. The summed E-state index contributed by atoms with van der Waals surface area (Å²) < 4.78 is 6.32. The lowest BCUT2D eigenvalue weighted by Gasteiger charge is -2.08. The summed E-state index contributed by atoms with van der Waals surface area (Å²) in [5.41, 5.74) is 2.06. The monoisotopic (exact) mass is 344 g/mol. The van der Waals surface area contributed by atoms with Crippen molar-refractivity contribution in [2.75, 3.05) is 18.6 Å². The van der Waals surface area contributed by atoms with Crippen molar-refractivity contribution in [1.29, 1.82) is 10.5 Å². The first-order chi connectivity index (χ1) is 11.2. The van der Waals surface area contributed by atoms with E-state index in [-0.39, 0.29) is 0 Å². The smallest absolute Gasteiger partial charge is 0.126 e. The first kappa shape index (κ1) is 19.2. The van der Waals surface area contributed by atoms with E-state index in [1.165, 1.54) is 0 Å². The molecule has 23 heavy (non-hydrogen) atoms. The summed E-state index contributed by atoms with van der Waals surface area (Å²) in [6.45, 7) is 4.12. The van der Waals surface area contributed by atoms with Crippen LogP contribution in [-0.2, 0) is 0 Å². The molecule has 0 unspecified atom stereocenters. The molecule has 1 aromatic rings. The van der Waals surface area contributed by atoms with Gasteiger partial charge in [-0.15, -0.1) is 23.5 Å². The molecule has 120 valence electrons. The molecular weight excluding hydrogens is 324 g/mol. The van der Waals surface area contributed by atoms with E-state index in [9.17, 15) is 10.5 Å². The Hall–Kier alpha value is -1.82. The Kier molecular flexibility index (Phi) is 9.05. The van der Waals surface area contributed by atoms with E-state index in [1.54, 1.807) is 36.7 Å². The van der Waals surface area contributed by atoms with Crippen LogP contribution >= 0.6 is 23.5 Å². The van der Waals surface area contributed by atoms with Gasteiger partial charge in [0.1, 0.15) is 5.75 Å². The van der Waals surface area contributed by atoms with Crippen molar-refractivity contribution in [1.82, 2.24) is 0 Å². The van der Waals surface area contributed by atoms with Crippen LogP contribution in [0.4, 0.5) is 0 Å². The minimum Gasteiger partial charge on any atom is -0.496 e. The standard InChI is InChI=1S/C18H20N2OS2/c1-4-22-18(23-5-2)16(13-20)11-14(12-19)10-15-8-6-7-9-17(15)21-3/h6-10H,4-5,11H2,1-3H3/b14-10+. The first-order valence-electron chi connectivity index (χ1n) is 7.32. The normalized spacial score (nSPS) is 10.6. The van der Waals surface area contributed by atoms with E-state index in [2.05, 4.69) is 26.0 Å². The highest BCUT2D eigenvalue weighted by Crippen LogP contribution is 2.34. The molecule has 0 fully saturated rings. The van der Waals surface area contributed by atoms with Crippen LogP contribution < -0.4 is 4.74 Å². The second-order valence-corrected chi connectivity index (χ2v) is 7.25. The quantitative estimate of drug-likeness (QED) is 0.604. The third kappa shape index (κ3) is 6.06. The topological polar surface area (TPSA) is 56.8 Å². The van der Waals surface area contributed by atoms with E-state index >= 15 is 0 Å². The van der Waals surface area contributed by atoms with Crippen LogP contribution in [0, 0.1) is 22.7 Å². The van der Waals surface area contributed by atoms with Gasteiger partial charge in [-0.05, 0) is 23.6 Å². The number of allylic oxidation sites excluding steroid dienone is 2. The van der Waals surface area contributed by atoms with E-state index < -0.39 is 0 Å². The van der Waals surface area contributed by atoms with E-state index in [4.69, 9.17) is 4.74 Å². The zero-order chi connectivity index (χ0) is 17.1. The van der Waals surface area contributed by atoms with Crippen LogP contribution in [-0.4, -0.2) is 18.6 Å². The Morgan fingerprint density at radius 3 is 2.30 bits per heavy atom. The summed E-state index contributed by atoms with van der Waals surface area (Å²) in [7, 11) is 1.60. The molecule has 0 aliphatic heterocycles. The second-order valence-electron chi connectivity index (χ2n) is 4.44. The lowest BCUT2D eigenvalue weighted by Crippen LogP contribution is -1.91. The van der Waals surface area contributed by atoms with Crippen molar-refractivity contribution in [3.05, 3.63) is 45.2 Å². The predicted molar refractivity (Wildman–Crippen MR) is 100 cm³/mol. The van der Waals surface area contributed by atoms with Gasteiger partial charge in [-0.25, -0.2) is 0 Å². The first-order valence-corrected chi connectivity index (χ1v) is 9.29. The van der Waals surface area contributed by atoms with Gasteiger partial charge < -0.3 is 4.74 Å². The van der Waals surface area contributed by atoms with Gasteiger partial charge in [-0.1, -0.05) is 32.0 Å². The number of hydrogen-bond donors (Lipinski definition) is 0. The van der Waals surface area contributed by atoms with Crippen LogP contribution in [0.2, 0.25) is 0 Å². The van der Waals surface area contributed by atoms with Gasteiger partial charge in [-0.2, -0.15) is 10.5 Å². The number of thioether (sulfide) groups is 2. The number of methoxy groups -OCH3 is 1. The summed E-state index contributed by atoms with van der Waals surface area (Å²) in [4.78, 5) is 0. The minimum atomic E-state index is 0.348. The zero-order valence-electron chi connectivity index (χ0n) is 13.6. The maximum absolute atomic E-state index is 9.47. The molecule has 0 amide bonds. The Balaban J connectivity index is 3.15. The molecule has 0 heterocycles. The molecule has 0 atom stereocenters. The summed E-state index contributed by atoms with van der Waals surface area (Å²) >= 11 is 3.32. The summed E-state index contributed by atoms with van der Waals surface area (Å²) in [5, 5.41) is 18.9. The Morgan fingerprint density at radius 2 is 1.78 bits per heavy atom. The van der Waals surface area contributed by atoms with Gasteiger partial charge in [-0.3, -0.25) is 0 Å². The van der Waals surface area contributed by atoms with Crippen LogP contribution in [0.25, 0.3) is 6.08 Å². The summed E-state index contributed by atoms with van der Waals surface area (Å²) in [5.74, 6) is 2.53. The minimum absolute atomic E-state index is 0.348. The Bertz CT molecular complexity index is 658. The van der Waals surface area contributed by atoms with Gasteiger partial charge in [0.25, 0.3) is 0 Å². The highest BCUT2D eigenvalue weighted by atomic mass is 32.2. The fraction of sp³-hybridized carbons (Fsp3) is 0.333. The van der Waals surface area contributed by atoms with E-state index in [0.717, 1.165) is 21.3 Å². The average molecular weight is 345 g/mol. The number of para-hydroxylation sites is 1. The second kappa shape index (κ2) is 10.8. The van der Waals surface area contributed by atoms with Crippen molar-refractivity contribution >= 4 is 29.6 Å². The van der Waals surface area contributed by atoms with Gasteiger partial charge in [0.2, 0.25) is 0 Å². The molecule has 0 saturated heterocycles. The molecule has 0 bridgehead atoms. The van der Waals surface area contributed by atoms with Crippen LogP contribution in [0.15, 0.2) is 39.6 Å². The average Bonchev–Trinajstić information content (AvgIpc) is 2.58. The SMILES string of the molecule is CCSC(SCC)=C(C#N)C/C(C#N)=C\c1ccccc1OC. The summed E-state index contributed by atoms with van der Waals surface area (Å²) in [6, 6.07) is 12.0.